The van der Waals surface area contributed by atoms with Crippen LogP contribution in [0.1, 0.15) is 52.7 Å². The summed E-state index contributed by atoms with van der Waals surface area (Å²) in [5, 5.41) is 2.96. The molecule has 4 rings (SSSR count). The van der Waals surface area contributed by atoms with E-state index in [0.717, 1.165) is 17.1 Å². The molecule has 1 aromatic heterocycles. The van der Waals surface area contributed by atoms with E-state index in [-0.39, 0.29) is 16.5 Å². The number of nitrogens with one attached hydrogen (secondary N) is 2. The first-order valence-electron chi connectivity index (χ1n) is 10.5. The van der Waals surface area contributed by atoms with Gasteiger partial charge < -0.3 is 10.3 Å². The molecule has 1 aliphatic carbocycles. The molecule has 0 unspecified atom stereocenters. The SMILES string of the molecule is CCSC/C=C\c1cc(F)c2[nH]cc(C(=O)NCc3ccc(C4CC4)cc3)c(=O)c2c1. The van der Waals surface area contributed by atoms with Gasteiger partial charge in [0.25, 0.3) is 5.91 Å². The molecule has 2 N–H and O–H groups in total. The zero-order valence-corrected chi connectivity index (χ0v) is 18.2. The van der Waals surface area contributed by atoms with Crippen molar-refractivity contribution in [1.82, 2.24) is 10.3 Å². The second-order valence-corrected chi connectivity index (χ2v) is 9.04. The summed E-state index contributed by atoms with van der Waals surface area (Å²) in [5.41, 5.74) is 2.51. The van der Waals surface area contributed by atoms with E-state index in [9.17, 15) is 14.0 Å². The topological polar surface area (TPSA) is 62.0 Å². The number of pyridine rings is 1. The van der Waals surface area contributed by atoms with Crippen LogP contribution in [0, 0.1) is 5.82 Å². The van der Waals surface area contributed by atoms with Crippen LogP contribution in [0.15, 0.2) is 53.5 Å². The average Bonchev–Trinajstić information content (AvgIpc) is 3.62. The standard InChI is InChI=1S/C25H25FN2O2S/c1-2-31-11-3-4-17-12-20-23(22(26)13-17)27-15-21(24(20)29)25(30)28-14-16-5-7-18(8-6-16)19-9-10-19/h3-8,12-13,15,19H,2,9-11,14H2,1H3,(H,27,29)(H,28,30)/b4-3-. The predicted molar refractivity (Wildman–Crippen MR) is 126 cm³/mol. The fourth-order valence-electron chi connectivity index (χ4n) is 3.55. The number of aromatic nitrogens is 1. The first-order valence-corrected chi connectivity index (χ1v) is 11.7. The third-order valence-electron chi connectivity index (χ3n) is 5.42. The summed E-state index contributed by atoms with van der Waals surface area (Å²) in [5.74, 6) is 1.51. The van der Waals surface area contributed by atoms with E-state index in [0.29, 0.717) is 18.0 Å². The van der Waals surface area contributed by atoms with E-state index in [1.807, 2.05) is 18.2 Å². The summed E-state index contributed by atoms with van der Waals surface area (Å²) in [7, 11) is 0. The van der Waals surface area contributed by atoms with Crippen molar-refractivity contribution in [3.8, 4) is 0 Å². The number of H-pyrrole nitrogens is 1. The van der Waals surface area contributed by atoms with Gasteiger partial charge in [-0.15, -0.1) is 0 Å². The van der Waals surface area contributed by atoms with Gasteiger partial charge in [0.1, 0.15) is 11.4 Å². The van der Waals surface area contributed by atoms with Crippen LogP contribution in [0.5, 0.6) is 0 Å². The number of thioether (sulfide) groups is 1. The molecule has 0 bridgehead atoms. The van der Waals surface area contributed by atoms with Gasteiger partial charge in [-0.1, -0.05) is 43.3 Å². The number of hydrogen-bond donors (Lipinski definition) is 2. The number of benzene rings is 2. The molecule has 1 saturated carbocycles. The number of aromatic amines is 1. The van der Waals surface area contributed by atoms with Gasteiger partial charge in [-0.05, 0) is 53.3 Å². The van der Waals surface area contributed by atoms with Crippen LogP contribution in [0.4, 0.5) is 4.39 Å². The van der Waals surface area contributed by atoms with Crippen molar-refractivity contribution in [2.75, 3.05) is 11.5 Å². The number of amides is 1. The van der Waals surface area contributed by atoms with Crippen LogP contribution >= 0.6 is 11.8 Å². The molecular formula is C25H25FN2O2S. The Bertz CT molecular complexity index is 1180. The lowest BCUT2D eigenvalue weighted by atomic mass is 10.1. The fraction of sp³-hybridized carbons (Fsp3) is 0.280. The Labute approximate surface area is 185 Å². The van der Waals surface area contributed by atoms with Crippen LogP contribution in [0.25, 0.3) is 17.0 Å². The summed E-state index contributed by atoms with van der Waals surface area (Å²) >= 11 is 1.75. The van der Waals surface area contributed by atoms with E-state index in [1.165, 1.54) is 30.7 Å². The van der Waals surface area contributed by atoms with Crippen LogP contribution in [0.3, 0.4) is 0 Å². The van der Waals surface area contributed by atoms with Crippen molar-refractivity contribution in [2.24, 2.45) is 0 Å². The maximum atomic E-state index is 14.5. The molecular weight excluding hydrogens is 411 g/mol. The molecule has 0 aliphatic heterocycles. The Kier molecular flexibility index (Phi) is 6.56. The van der Waals surface area contributed by atoms with Crippen LogP contribution in [0.2, 0.25) is 0 Å². The number of rotatable bonds is 8. The Balaban J connectivity index is 1.52. The largest absolute Gasteiger partial charge is 0.358 e. The van der Waals surface area contributed by atoms with Gasteiger partial charge in [0.05, 0.1) is 5.52 Å². The summed E-state index contributed by atoms with van der Waals surface area (Å²) in [4.78, 5) is 28.3. The van der Waals surface area contributed by atoms with Crippen molar-refractivity contribution in [3.05, 3.63) is 87.0 Å². The van der Waals surface area contributed by atoms with E-state index in [2.05, 4.69) is 29.4 Å². The first-order chi connectivity index (χ1) is 15.1. The van der Waals surface area contributed by atoms with Gasteiger partial charge in [-0.25, -0.2) is 4.39 Å². The monoisotopic (exact) mass is 436 g/mol. The molecule has 31 heavy (non-hydrogen) atoms. The molecule has 1 amide bonds. The highest BCUT2D eigenvalue weighted by Crippen LogP contribution is 2.39. The molecule has 0 spiro atoms. The highest BCUT2D eigenvalue weighted by molar-refractivity contribution is 7.99. The number of carbonyl (C=O) groups excluding carboxylic acids is 1. The van der Waals surface area contributed by atoms with Gasteiger partial charge in [-0.2, -0.15) is 11.8 Å². The lowest BCUT2D eigenvalue weighted by Crippen LogP contribution is -2.28. The minimum absolute atomic E-state index is 0.0239. The van der Waals surface area contributed by atoms with Crippen molar-refractivity contribution < 1.29 is 9.18 Å². The molecule has 0 atom stereocenters. The molecule has 6 heteroatoms. The molecule has 160 valence electrons. The quantitative estimate of drug-likeness (QED) is 0.475. The molecule has 2 aromatic carbocycles. The molecule has 0 saturated heterocycles. The summed E-state index contributed by atoms with van der Waals surface area (Å²) in [6.07, 6.45) is 7.51. The Hall–Kier alpha value is -2.86. The zero-order valence-electron chi connectivity index (χ0n) is 17.4. The fourth-order valence-corrected chi connectivity index (χ4v) is 4.01. The zero-order chi connectivity index (χ0) is 21.8. The minimum Gasteiger partial charge on any atom is -0.358 e. The van der Waals surface area contributed by atoms with Crippen molar-refractivity contribution >= 4 is 34.6 Å². The summed E-state index contributed by atoms with van der Waals surface area (Å²) < 4.78 is 14.5. The second-order valence-electron chi connectivity index (χ2n) is 7.72. The maximum absolute atomic E-state index is 14.5. The maximum Gasteiger partial charge on any atom is 0.257 e. The molecule has 1 heterocycles. The molecule has 3 aromatic rings. The van der Waals surface area contributed by atoms with Crippen molar-refractivity contribution in [3.63, 3.8) is 0 Å². The van der Waals surface area contributed by atoms with E-state index >= 15 is 0 Å². The second kappa shape index (κ2) is 9.52. The van der Waals surface area contributed by atoms with E-state index < -0.39 is 17.2 Å². The van der Waals surface area contributed by atoms with Crippen LogP contribution in [-0.2, 0) is 6.54 Å². The normalized spacial score (nSPS) is 13.7. The summed E-state index contributed by atoms with van der Waals surface area (Å²) in [6, 6.07) is 11.2. The lowest BCUT2D eigenvalue weighted by Gasteiger charge is -2.08. The van der Waals surface area contributed by atoms with Gasteiger partial charge in [0.2, 0.25) is 5.43 Å². The summed E-state index contributed by atoms with van der Waals surface area (Å²) in [6.45, 7) is 2.40. The van der Waals surface area contributed by atoms with Crippen LogP contribution in [-0.4, -0.2) is 22.4 Å². The third-order valence-corrected chi connectivity index (χ3v) is 6.25. The Morgan fingerprint density at radius 1 is 1.26 bits per heavy atom. The number of halogens is 1. The molecule has 4 nitrogen and oxygen atoms in total. The smallest absolute Gasteiger partial charge is 0.257 e. The van der Waals surface area contributed by atoms with Gasteiger partial charge >= 0.3 is 0 Å². The highest BCUT2D eigenvalue weighted by Gasteiger charge is 2.23. The minimum atomic E-state index is -0.514. The molecule has 0 radical (unpaired) electrons. The molecule has 1 fully saturated rings. The van der Waals surface area contributed by atoms with Gasteiger partial charge in [0, 0.05) is 23.9 Å². The number of fused-ring (bicyclic) bond motifs is 1. The predicted octanol–water partition coefficient (Wildman–Crippen LogP) is 5.24. The first kappa shape index (κ1) is 21.4. The molecule has 1 aliphatic rings. The lowest BCUT2D eigenvalue weighted by molar-refractivity contribution is 0.0949. The van der Waals surface area contributed by atoms with Gasteiger partial charge in [0.15, 0.2) is 0 Å². The number of hydrogen-bond acceptors (Lipinski definition) is 3. The Morgan fingerprint density at radius 3 is 2.74 bits per heavy atom. The Morgan fingerprint density at radius 2 is 2.03 bits per heavy atom. The van der Waals surface area contributed by atoms with Crippen molar-refractivity contribution in [2.45, 2.75) is 32.2 Å². The van der Waals surface area contributed by atoms with Crippen LogP contribution < -0.4 is 10.7 Å². The highest BCUT2D eigenvalue weighted by atomic mass is 32.2. The van der Waals surface area contributed by atoms with Gasteiger partial charge in [-0.3, -0.25) is 9.59 Å². The van der Waals surface area contributed by atoms with E-state index in [1.54, 1.807) is 23.9 Å². The number of carbonyl (C=O) groups is 1. The third kappa shape index (κ3) is 5.07. The van der Waals surface area contributed by atoms with E-state index in [4.69, 9.17) is 0 Å². The average molecular weight is 437 g/mol. The van der Waals surface area contributed by atoms with Crippen molar-refractivity contribution in [1.29, 1.82) is 0 Å².